The lowest BCUT2D eigenvalue weighted by molar-refractivity contribution is 0.0306. The molecule has 36 heavy (non-hydrogen) atoms. The van der Waals surface area contributed by atoms with Crippen LogP contribution in [-0.4, -0.2) is 65.6 Å². The Morgan fingerprint density at radius 2 is 1.89 bits per heavy atom. The zero-order valence-corrected chi connectivity index (χ0v) is 19.4. The van der Waals surface area contributed by atoms with E-state index >= 15 is 8.78 Å². The van der Waals surface area contributed by atoms with Gasteiger partial charge in [-0.25, -0.2) is 14.8 Å². The van der Waals surface area contributed by atoms with Crippen molar-refractivity contribution in [1.29, 1.82) is 0 Å². The van der Waals surface area contributed by atoms with E-state index in [-0.39, 0.29) is 23.0 Å². The lowest BCUT2D eigenvalue weighted by Gasteiger charge is -2.29. The van der Waals surface area contributed by atoms with Gasteiger partial charge in [0.05, 0.1) is 24.7 Å². The first-order chi connectivity index (χ1) is 17.3. The van der Waals surface area contributed by atoms with E-state index in [1.165, 1.54) is 35.5 Å². The maximum Gasteiger partial charge on any atom is 0.407 e. The molecular weight excluding hydrogens is 472 g/mol. The summed E-state index contributed by atoms with van der Waals surface area (Å²) in [6, 6.07) is 9.06. The monoisotopic (exact) mass is 495 g/mol. The number of amides is 1. The Kier molecular flexibility index (Phi) is 6.17. The second-order valence-corrected chi connectivity index (χ2v) is 8.69. The Morgan fingerprint density at radius 1 is 1.14 bits per heavy atom. The molecule has 0 aliphatic carbocycles. The van der Waals surface area contributed by atoms with Crippen molar-refractivity contribution in [2.24, 2.45) is 5.92 Å². The number of likely N-dealkylation sites (tertiary alicyclic amines) is 1. The number of aromatic nitrogens is 6. The average molecular weight is 495 g/mol. The summed E-state index contributed by atoms with van der Waals surface area (Å²) >= 11 is 0. The number of aryl methyl sites for hydroxylation is 1. The molecule has 10 nitrogen and oxygen atoms in total. The number of hydrogen-bond donors (Lipinski definition) is 1. The van der Waals surface area contributed by atoms with Gasteiger partial charge in [-0.1, -0.05) is 18.2 Å². The maximum absolute atomic E-state index is 15.4. The molecule has 1 aliphatic heterocycles. The smallest absolute Gasteiger partial charge is 0.407 e. The zero-order chi connectivity index (χ0) is 25.3. The van der Waals surface area contributed by atoms with Gasteiger partial charge in [0.15, 0.2) is 17.2 Å². The third kappa shape index (κ3) is 4.66. The summed E-state index contributed by atoms with van der Waals surface area (Å²) in [5.41, 5.74) is 0.930. The predicted molar refractivity (Wildman–Crippen MR) is 124 cm³/mol. The molecule has 186 valence electrons. The Morgan fingerprint density at radius 3 is 2.61 bits per heavy atom. The topological polar surface area (TPSA) is 119 Å². The summed E-state index contributed by atoms with van der Waals surface area (Å²) < 4.78 is 37.7. The number of rotatable bonds is 6. The normalized spacial score (nSPS) is 14.8. The average Bonchev–Trinajstić information content (AvgIpc) is 3.32. The molecule has 1 fully saturated rings. The lowest BCUT2D eigenvalue weighted by atomic mass is 9.98. The van der Waals surface area contributed by atoms with Crippen molar-refractivity contribution in [2.45, 2.75) is 25.7 Å². The number of piperidine rings is 1. The zero-order valence-electron chi connectivity index (χ0n) is 19.4. The maximum atomic E-state index is 15.4. The molecule has 4 heterocycles. The van der Waals surface area contributed by atoms with Gasteiger partial charge in [0.25, 0.3) is 0 Å². The number of hydrogen-bond acceptors (Lipinski definition) is 7. The molecule has 0 atom stereocenters. The minimum absolute atomic E-state index is 0.234. The van der Waals surface area contributed by atoms with Crippen molar-refractivity contribution >= 4 is 11.7 Å². The second kappa shape index (κ2) is 9.44. The number of alkyl halides is 2. The fraction of sp³-hybridized carbons (Fsp3) is 0.333. The van der Waals surface area contributed by atoms with Crippen molar-refractivity contribution in [2.75, 3.05) is 19.7 Å². The van der Waals surface area contributed by atoms with Crippen LogP contribution >= 0.6 is 0 Å². The van der Waals surface area contributed by atoms with Gasteiger partial charge in [-0.2, -0.15) is 18.4 Å². The van der Waals surface area contributed by atoms with Crippen LogP contribution in [-0.2, 0) is 5.92 Å². The van der Waals surface area contributed by atoms with Gasteiger partial charge < -0.3 is 14.7 Å². The van der Waals surface area contributed by atoms with Crippen LogP contribution in [0.4, 0.5) is 13.6 Å². The van der Waals surface area contributed by atoms with Gasteiger partial charge >= 0.3 is 12.0 Å². The Balaban J connectivity index is 1.29. The van der Waals surface area contributed by atoms with Crippen molar-refractivity contribution in [1.82, 2.24) is 34.7 Å². The summed E-state index contributed by atoms with van der Waals surface area (Å²) in [4.78, 5) is 21.0. The van der Waals surface area contributed by atoms with Crippen molar-refractivity contribution in [3.05, 3.63) is 65.9 Å². The molecule has 0 unspecified atom stereocenters. The first-order valence-electron chi connectivity index (χ1n) is 11.4. The van der Waals surface area contributed by atoms with Crippen molar-refractivity contribution < 1.29 is 23.4 Å². The van der Waals surface area contributed by atoms with Crippen LogP contribution in [0.2, 0.25) is 0 Å². The van der Waals surface area contributed by atoms with Gasteiger partial charge in [-0.3, -0.25) is 0 Å². The second-order valence-electron chi connectivity index (χ2n) is 8.69. The molecule has 0 radical (unpaired) electrons. The molecular formula is C24H23F2N7O3. The number of halogens is 2. The Labute approximate surface area is 204 Å². The molecule has 5 rings (SSSR count). The number of fused-ring (bicyclic) bond motifs is 1. The van der Waals surface area contributed by atoms with Gasteiger partial charge in [0, 0.05) is 24.2 Å². The van der Waals surface area contributed by atoms with Gasteiger partial charge in [-0.15, -0.1) is 10.2 Å². The first-order valence-corrected chi connectivity index (χ1v) is 11.4. The van der Waals surface area contributed by atoms with Crippen LogP contribution < -0.4 is 4.74 Å². The van der Waals surface area contributed by atoms with E-state index in [0.717, 1.165) is 17.4 Å². The highest BCUT2D eigenvalue weighted by Crippen LogP contribution is 2.36. The molecule has 0 bridgehead atoms. The molecule has 12 heteroatoms. The summed E-state index contributed by atoms with van der Waals surface area (Å²) in [7, 11) is 0. The molecule has 1 N–H and O–H groups in total. The van der Waals surface area contributed by atoms with E-state index in [0.29, 0.717) is 36.7 Å². The fourth-order valence-electron chi connectivity index (χ4n) is 4.10. The van der Waals surface area contributed by atoms with Gasteiger partial charge in [-0.05, 0) is 43.9 Å². The van der Waals surface area contributed by atoms with Crippen molar-refractivity contribution in [3.8, 4) is 17.1 Å². The fourth-order valence-corrected chi connectivity index (χ4v) is 4.10. The predicted octanol–water partition coefficient (Wildman–Crippen LogP) is 3.80. The summed E-state index contributed by atoms with van der Waals surface area (Å²) in [6.07, 6.45) is 3.55. The highest BCUT2D eigenvalue weighted by molar-refractivity contribution is 5.65. The standard InChI is InChI=1S/C24H23F2N7O3/c1-15-5-6-20-29-30-22(33(20)31-15)24(25,26)18-4-2-3-17(11-18)21-27-12-19(13-28-21)36-14-16-7-9-32(10-8-16)23(34)35/h2-6,11-13,16H,7-10,14H2,1H3,(H,34,35). The summed E-state index contributed by atoms with van der Waals surface area (Å²) in [5, 5.41) is 20.7. The van der Waals surface area contributed by atoms with Crippen LogP contribution in [0.3, 0.4) is 0 Å². The third-order valence-electron chi connectivity index (χ3n) is 6.16. The Hall–Kier alpha value is -4.22. The van der Waals surface area contributed by atoms with E-state index in [1.807, 2.05) is 0 Å². The molecule has 1 amide bonds. The SMILES string of the molecule is Cc1ccc2nnc(C(F)(F)c3cccc(-c4ncc(OCC5CCN(C(=O)O)CC5)cn4)c3)n2n1. The number of benzene rings is 1. The third-order valence-corrected chi connectivity index (χ3v) is 6.16. The number of carbonyl (C=O) groups is 1. The van der Waals surface area contributed by atoms with E-state index in [9.17, 15) is 4.79 Å². The summed E-state index contributed by atoms with van der Waals surface area (Å²) in [6.45, 7) is 3.10. The van der Waals surface area contributed by atoms with Gasteiger partial charge in [0.1, 0.15) is 0 Å². The van der Waals surface area contributed by atoms with Crippen LogP contribution in [0.25, 0.3) is 17.0 Å². The van der Waals surface area contributed by atoms with E-state index < -0.39 is 17.8 Å². The highest BCUT2D eigenvalue weighted by atomic mass is 19.3. The lowest BCUT2D eigenvalue weighted by Crippen LogP contribution is -2.38. The highest BCUT2D eigenvalue weighted by Gasteiger charge is 2.40. The van der Waals surface area contributed by atoms with Crippen LogP contribution in [0.5, 0.6) is 5.75 Å². The molecule has 1 aromatic carbocycles. The largest absolute Gasteiger partial charge is 0.490 e. The van der Waals surface area contributed by atoms with Gasteiger partial charge in [0.2, 0.25) is 5.82 Å². The molecule has 0 saturated carbocycles. The molecule has 3 aromatic heterocycles. The Bertz CT molecular complexity index is 1390. The first kappa shape index (κ1) is 23.5. The molecule has 0 spiro atoms. The minimum atomic E-state index is -3.45. The number of ether oxygens (including phenoxy) is 1. The van der Waals surface area contributed by atoms with Crippen LogP contribution in [0.15, 0.2) is 48.8 Å². The van der Waals surface area contributed by atoms with Crippen molar-refractivity contribution in [3.63, 3.8) is 0 Å². The number of carboxylic acid groups (broad SMARTS) is 1. The molecule has 1 aliphatic rings. The van der Waals surface area contributed by atoms with E-state index in [1.54, 1.807) is 25.1 Å². The molecule has 4 aromatic rings. The van der Waals surface area contributed by atoms with E-state index in [4.69, 9.17) is 9.84 Å². The number of nitrogens with zero attached hydrogens (tertiary/aromatic N) is 7. The quantitative estimate of drug-likeness (QED) is 0.429. The van der Waals surface area contributed by atoms with Crippen LogP contribution in [0.1, 0.15) is 29.9 Å². The molecule has 1 saturated heterocycles. The summed E-state index contributed by atoms with van der Waals surface area (Å²) in [5.74, 6) is -3.05. The minimum Gasteiger partial charge on any atom is -0.490 e. The van der Waals surface area contributed by atoms with E-state index in [2.05, 4.69) is 25.3 Å². The van der Waals surface area contributed by atoms with Crippen LogP contribution in [0, 0.1) is 12.8 Å².